The molecule has 0 radical (unpaired) electrons. The molecule has 1 atom stereocenters. The minimum atomic E-state index is -0.832. The molecule has 7 nitrogen and oxygen atoms in total. The lowest BCUT2D eigenvalue weighted by atomic mass is 10.2. The van der Waals surface area contributed by atoms with Crippen LogP contribution < -0.4 is 0 Å². The molecule has 2 heterocycles. The van der Waals surface area contributed by atoms with E-state index in [2.05, 4.69) is 10.2 Å². The van der Waals surface area contributed by atoms with Gasteiger partial charge in [0.1, 0.15) is 0 Å². The lowest BCUT2D eigenvalue weighted by molar-refractivity contribution is -0.139. The Morgan fingerprint density at radius 2 is 1.69 bits per heavy atom. The van der Waals surface area contributed by atoms with Crippen LogP contribution >= 0.6 is 0 Å². The number of carbonyl (C=O) groups excluding carboxylic acids is 2. The normalized spacial score (nSPS) is 16.0. The number of aromatic nitrogens is 3. The Morgan fingerprint density at radius 1 is 1.04 bits per heavy atom. The number of rotatable bonds is 4. The first kappa shape index (κ1) is 18.1. The van der Waals surface area contributed by atoms with Crippen LogP contribution in [0.15, 0.2) is 30.3 Å². The Kier molecular flexibility index (Phi) is 5.65. The van der Waals surface area contributed by atoms with Gasteiger partial charge in [-0.05, 0) is 38.8 Å². The second-order valence-corrected chi connectivity index (χ2v) is 6.55. The van der Waals surface area contributed by atoms with Crippen LogP contribution in [0.4, 0.5) is 0 Å². The third-order valence-electron chi connectivity index (χ3n) is 4.51. The molecule has 3 rings (SSSR count). The van der Waals surface area contributed by atoms with Gasteiger partial charge in [-0.15, -0.1) is 5.10 Å². The highest BCUT2D eigenvalue weighted by atomic mass is 16.5. The van der Waals surface area contributed by atoms with E-state index < -0.39 is 12.1 Å². The first-order valence-electron chi connectivity index (χ1n) is 9.05. The predicted molar refractivity (Wildman–Crippen MR) is 96.0 cm³/mol. The maximum absolute atomic E-state index is 12.5. The molecular formula is C19H24N4O3. The zero-order chi connectivity index (χ0) is 18.5. The summed E-state index contributed by atoms with van der Waals surface area (Å²) in [6.45, 7) is 4.76. The van der Waals surface area contributed by atoms with E-state index in [4.69, 9.17) is 4.74 Å². The number of ether oxygens (including phenoxy) is 1. The molecule has 2 aromatic rings. The highest BCUT2D eigenvalue weighted by Gasteiger charge is 2.27. The highest BCUT2D eigenvalue weighted by molar-refractivity contribution is 5.91. The van der Waals surface area contributed by atoms with Gasteiger partial charge in [-0.2, -0.15) is 9.90 Å². The average molecular weight is 356 g/mol. The van der Waals surface area contributed by atoms with E-state index in [1.165, 1.54) is 4.80 Å². The SMILES string of the molecule is Cc1nn(-c2ccccc2)nc1C(=O)O[C@H](C)C(=O)N1CCCCCC1. The zero-order valence-corrected chi connectivity index (χ0v) is 15.2. The molecule has 7 heteroatoms. The number of nitrogens with zero attached hydrogens (tertiary/aromatic N) is 4. The molecule has 1 aromatic heterocycles. The number of carbonyl (C=O) groups is 2. The fraction of sp³-hybridized carbons (Fsp3) is 0.474. The van der Waals surface area contributed by atoms with Crippen LogP contribution in [0, 0.1) is 6.92 Å². The third kappa shape index (κ3) is 4.09. The van der Waals surface area contributed by atoms with Crippen molar-refractivity contribution in [3.8, 4) is 5.69 Å². The van der Waals surface area contributed by atoms with Crippen molar-refractivity contribution in [1.82, 2.24) is 19.9 Å². The van der Waals surface area contributed by atoms with E-state index in [0.717, 1.165) is 44.5 Å². The van der Waals surface area contributed by atoms with Gasteiger partial charge >= 0.3 is 5.97 Å². The van der Waals surface area contributed by atoms with E-state index in [-0.39, 0.29) is 11.6 Å². The van der Waals surface area contributed by atoms with Gasteiger partial charge in [0.2, 0.25) is 0 Å². The Bertz CT molecular complexity index is 764. The average Bonchev–Trinajstić information content (AvgIpc) is 2.86. The van der Waals surface area contributed by atoms with Gasteiger partial charge in [-0.3, -0.25) is 4.79 Å². The molecule has 1 amide bonds. The van der Waals surface area contributed by atoms with Crippen LogP contribution in [0.1, 0.15) is 48.8 Å². The summed E-state index contributed by atoms with van der Waals surface area (Å²) in [5.74, 6) is -0.770. The standard InChI is InChI=1S/C19H24N4O3/c1-14-17(21-23(20-14)16-10-6-5-7-11-16)19(25)26-15(2)18(24)22-12-8-3-4-9-13-22/h5-7,10-11,15H,3-4,8-9,12-13H2,1-2H3/t15-/m1/s1. The minimum Gasteiger partial charge on any atom is -0.448 e. The molecule has 0 bridgehead atoms. The maximum atomic E-state index is 12.5. The van der Waals surface area contributed by atoms with Crippen molar-refractivity contribution in [2.45, 2.75) is 45.6 Å². The fourth-order valence-corrected chi connectivity index (χ4v) is 3.06. The summed E-state index contributed by atoms with van der Waals surface area (Å²) in [6.07, 6.45) is 3.44. The van der Waals surface area contributed by atoms with Crippen molar-refractivity contribution in [3.63, 3.8) is 0 Å². The maximum Gasteiger partial charge on any atom is 0.361 e. The third-order valence-corrected chi connectivity index (χ3v) is 4.51. The van der Waals surface area contributed by atoms with E-state index in [1.54, 1.807) is 18.7 Å². The van der Waals surface area contributed by atoms with Gasteiger partial charge in [0.25, 0.3) is 5.91 Å². The molecule has 0 unspecified atom stereocenters. The Hall–Kier alpha value is -2.70. The molecule has 0 spiro atoms. The summed E-state index contributed by atoms with van der Waals surface area (Å²) >= 11 is 0. The smallest absolute Gasteiger partial charge is 0.361 e. The number of likely N-dealkylation sites (tertiary alicyclic amines) is 1. The van der Waals surface area contributed by atoms with Gasteiger partial charge < -0.3 is 9.64 Å². The summed E-state index contributed by atoms with van der Waals surface area (Å²) < 4.78 is 5.38. The van der Waals surface area contributed by atoms with Gasteiger partial charge in [0.15, 0.2) is 11.8 Å². The first-order chi connectivity index (χ1) is 12.6. The molecule has 26 heavy (non-hydrogen) atoms. The van der Waals surface area contributed by atoms with Crippen molar-refractivity contribution < 1.29 is 14.3 Å². The largest absolute Gasteiger partial charge is 0.448 e. The number of aryl methyl sites for hydroxylation is 1. The van der Waals surface area contributed by atoms with Crippen LogP contribution in [0.5, 0.6) is 0 Å². The quantitative estimate of drug-likeness (QED) is 0.787. The molecule has 1 saturated heterocycles. The first-order valence-corrected chi connectivity index (χ1v) is 9.05. The van der Waals surface area contributed by atoms with Crippen molar-refractivity contribution in [2.75, 3.05) is 13.1 Å². The van der Waals surface area contributed by atoms with E-state index in [1.807, 2.05) is 30.3 Å². The highest BCUT2D eigenvalue weighted by Crippen LogP contribution is 2.14. The molecule has 1 aliphatic heterocycles. The van der Waals surface area contributed by atoms with Gasteiger partial charge in [-0.1, -0.05) is 31.0 Å². The van der Waals surface area contributed by atoms with Crippen LogP contribution in [0.3, 0.4) is 0 Å². The van der Waals surface area contributed by atoms with Crippen LogP contribution in [-0.4, -0.2) is 51.0 Å². The van der Waals surface area contributed by atoms with Gasteiger partial charge in [-0.25, -0.2) is 4.79 Å². The van der Waals surface area contributed by atoms with Crippen molar-refractivity contribution in [3.05, 3.63) is 41.7 Å². The molecule has 0 N–H and O–H groups in total. The number of benzene rings is 1. The van der Waals surface area contributed by atoms with Crippen molar-refractivity contribution in [1.29, 1.82) is 0 Å². The van der Waals surface area contributed by atoms with E-state index >= 15 is 0 Å². The van der Waals surface area contributed by atoms with Crippen LogP contribution in [0.25, 0.3) is 5.69 Å². The number of hydrogen-bond acceptors (Lipinski definition) is 5. The second kappa shape index (κ2) is 8.12. The fourth-order valence-electron chi connectivity index (χ4n) is 3.06. The summed E-state index contributed by atoms with van der Waals surface area (Å²) in [4.78, 5) is 28.2. The molecular weight excluding hydrogens is 332 g/mol. The summed E-state index contributed by atoms with van der Waals surface area (Å²) in [6, 6.07) is 9.33. The molecule has 1 aromatic carbocycles. The number of amides is 1. The zero-order valence-electron chi connectivity index (χ0n) is 15.2. The van der Waals surface area contributed by atoms with E-state index in [0.29, 0.717) is 5.69 Å². The summed E-state index contributed by atoms with van der Waals surface area (Å²) in [5.41, 5.74) is 1.35. The molecule has 0 saturated carbocycles. The lowest BCUT2D eigenvalue weighted by Crippen LogP contribution is -2.40. The summed E-state index contributed by atoms with van der Waals surface area (Å²) in [7, 11) is 0. The van der Waals surface area contributed by atoms with Crippen LogP contribution in [0.2, 0.25) is 0 Å². The molecule has 0 aliphatic carbocycles. The number of esters is 1. The predicted octanol–water partition coefficient (Wildman–Crippen LogP) is 2.52. The van der Waals surface area contributed by atoms with Crippen molar-refractivity contribution >= 4 is 11.9 Å². The Labute approximate surface area is 152 Å². The Morgan fingerprint density at radius 3 is 2.35 bits per heavy atom. The number of para-hydroxylation sites is 1. The molecule has 138 valence electrons. The minimum absolute atomic E-state index is 0.129. The summed E-state index contributed by atoms with van der Waals surface area (Å²) in [5, 5.41) is 8.49. The second-order valence-electron chi connectivity index (χ2n) is 6.55. The monoisotopic (exact) mass is 356 g/mol. The van der Waals surface area contributed by atoms with Gasteiger partial charge in [0, 0.05) is 13.1 Å². The van der Waals surface area contributed by atoms with Gasteiger partial charge in [0.05, 0.1) is 11.4 Å². The van der Waals surface area contributed by atoms with Crippen LogP contribution in [-0.2, 0) is 9.53 Å². The lowest BCUT2D eigenvalue weighted by Gasteiger charge is -2.23. The topological polar surface area (TPSA) is 77.3 Å². The Balaban J connectivity index is 1.67. The molecule has 1 aliphatic rings. The van der Waals surface area contributed by atoms with Crippen molar-refractivity contribution in [2.24, 2.45) is 0 Å². The van der Waals surface area contributed by atoms with E-state index in [9.17, 15) is 9.59 Å². The number of hydrogen-bond donors (Lipinski definition) is 0. The molecule has 1 fully saturated rings.